The average molecular weight is 653 g/mol. The Kier molecular flexibility index (Phi) is 4.57. The molecule has 2 amide bonds. The van der Waals surface area contributed by atoms with Crippen LogP contribution in [-0.4, -0.2) is 71.4 Å². The van der Waals surface area contributed by atoms with Crippen LogP contribution in [0.15, 0.2) is 60.7 Å². The molecule has 6 aliphatic heterocycles. The quantitative estimate of drug-likeness (QED) is 0.374. The van der Waals surface area contributed by atoms with E-state index in [2.05, 4.69) is 81.1 Å². The molecule has 8 nitrogen and oxygen atoms in total. The highest BCUT2D eigenvalue weighted by atomic mass is 16.2. The van der Waals surface area contributed by atoms with Crippen LogP contribution in [0.5, 0.6) is 0 Å². The fourth-order valence-electron chi connectivity index (χ4n) is 15.0. The molecule has 6 heterocycles. The van der Waals surface area contributed by atoms with Crippen LogP contribution in [0.1, 0.15) is 61.8 Å². The molecule has 10 atom stereocenters. The lowest BCUT2D eigenvalue weighted by Gasteiger charge is -2.54. The molecule has 2 saturated heterocycles. The highest BCUT2D eigenvalue weighted by Gasteiger charge is 2.86. The highest BCUT2D eigenvalue weighted by Crippen LogP contribution is 2.79. The van der Waals surface area contributed by atoms with Crippen LogP contribution in [0.2, 0.25) is 0 Å². The lowest BCUT2D eigenvalue weighted by Crippen LogP contribution is -2.65. The van der Waals surface area contributed by atoms with Crippen molar-refractivity contribution in [3.05, 3.63) is 83.0 Å². The molecule has 0 unspecified atom stereocenters. The number of anilines is 2. The van der Waals surface area contributed by atoms with Crippen molar-refractivity contribution < 1.29 is 19.2 Å². The summed E-state index contributed by atoms with van der Waals surface area (Å²) in [7, 11) is 0. The minimum absolute atomic E-state index is 0.115. The van der Waals surface area contributed by atoms with Gasteiger partial charge in [-0.2, -0.15) is 0 Å². The summed E-state index contributed by atoms with van der Waals surface area (Å²) in [6.45, 7) is 7.64. The van der Waals surface area contributed by atoms with E-state index in [9.17, 15) is 19.2 Å². The number of nitrogens with one attached hydrogen (secondary N) is 2. The Labute approximate surface area is 285 Å². The maximum absolute atomic E-state index is 14.3. The second-order valence-corrected chi connectivity index (χ2v) is 17.4. The first-order valence-electron chi connectivity index (χ1n) is 18.4. The number of carbonyl (C=O) groups is 4. The Balaban J connectivity index is 0.936. The van der Waals surface area contributed by atoms with Gasteiger partial charge < -0.3 is 10.6 Å². The summed E-state index contributed by atoms with van der Waals surface area (Å²) in [6, 6.07) is 13.3. The largest absolute Gasteiger partial charge is 0.325 e. The van der Waals surface area contributed by atoms with Gasteiger partial charge in [0.15, 0.2) is 11.6 Å². The van der Waals surface area contributed by atoms with Gasteiger partial charge in [0.25, 0.3) is 0 Å². The molecule has 2 aromatic carbocycles. The number of Topliss-reactive ketones (excluding diaryl/α,β-unsaturated/α-hetero) is 2. The van der Waals surface area contributed by atoms with Gasteiger partial charge in [-0.25, -0.2) is 0 Å². The summed E-state index contributed by atoms with van der Waals surface area (Å²) in [5.41, 5.74) is 2.48. The second-order valence-electron chi connectivity index (χ2n) is 17.4. The van der Waals surface area contributed by atoms with Gasteiger partial charge in [-0.05, 0) is 79.6 Å². The zero-order valence-corrected chi connectivity index (χ0v) is 28.0. The number of rotatable bonds is 2. The van der Waals surface area contributed by atoms with E-state index in [0.717, 1.165) is 72.6 Å². The summed E-state index contributed by atoms with van der Waals surface area (Å²) in [5.74, 6) is -0.321. The first kappa shape index (κ1) is 27.9. The second kappa shape index (κ2) is 8.02. The molecule has 6 spiro atoms. The number of nitrogens with zero attached hydrogens (tertiary/aromatic N) is 2. The number of ketones is 2. The highest BCUT2D eigenvalue weighted by molar-refractivity contribution is 6.20. The first-order chi connectivity index (χ1) is 23.6. The molecule has 8 heteroatoms. The van der Waals surface area contributed by atoms with E-state index >= 15 is 0 Å². The predicted molar refractivity (Wildman–Crippen MR) is 182 cm³/mol. The van der Waals surface area contributed by atoms with E-state index < -0.39 is 21.7 Å². The maximum Gasteiger partial charge on any atom is 0.239 e. The third-order valence-corrected chi connectivity index (χ3v) is 16.5. The molecule has 4 bridgehead atoms. The summed E-state index contributed by atoms with van der Waals surface area (Å²) < 4.78 is 0. The van der Waals surface area contributed by atoms with Crippen molar-refractivity contribution in [3.8, 4) is 0 Å². The van der Waals surface area contributed by atoms with Crippen molar-refractivity contribution in [3.63, 3.8) is 0 Å². The smallest absolute Gasteiger partial charge is 0.239 e. The lowest BCUT2D eigenvalue weighted by atomic mass is 9.51. The number of fused-ring (bicyclic) bond motifs is 2. The molecule has 4 saturated carbocycles. The fourth-order valence-corrected chi connectivity index (χ4v) is 15.0. The molecular formula is C41H40N4O4. The maximum atomic E-state index is 14.3. The SMILES string of the molecule is C[C@@H]1C(=O)[C@]23C[C@@]14C=CCN1CC[C@@]2(c2ccc(Cc5ccc6c(c5)NC(=O)[C@@]57C[C@@]8(C=CCN9CC[C@]65[C@@H]98)[C@H](C)C7=O)cc2NC3=O)[C@@H]14. The summed E-state index contributed by atoms with van der Waals surface area (Å²) in [6.07, 6.45) is 12.5. The molecule has 10 aliphatic rings. The van der Waals surface area contributed by atoms with Gasteiger partial charge in [-0.15, -0.1) is 0 Å². The first-order valence-corrected chi connectivity index (χ1v) is 18.4. The zero-order valence-electron chi connectivity index (χ0n) is 28.0. The number of carbonyl (C=O) groups excluding carboxylic acids is 4. The Morgan fingerprint density at radius 2 is 1.12 bits per heavy atom. The summed E-state index contributed by atoms with van der Waals surface area (Å²) in [4.78, 5) is 61.8. The standard InChI is InChI=1S/C41H40N4O4/c1-22-30(46)40-20-36(22)9-3-13-44-15-11-38(40,32(36)44)26-7-5-24(18-28(26)42-34(40)48)17-25-6-8-27-29(19-25)43-35(49)41-21-37(23(2)31(41)47)10-4-14-45-16-12-39(27,41)33(37)45/h3-10,18-19,22-23,32-33H,11-17,20-21H2,1-2H3,(H,42,48)(H,43,49)/t22-,23-,32+,33+,36+,37+,38-,39-,40+,41+/m1/s1. The Morgan fingerprint density at radius 3 is 1.57 bits per heavy atom. The van der Waals surface area contributed by atoms with Gasteiger partial charge in [0.2, 0.25) is 11.8 Å². The summed E-state index contributed by atoms with van der Waals surface area (Å²) in [5, 5.41) is 6.51. The van der Waals surface area contributed by atoms with Gasteiger partial charge in [0.05, 0.1) is 0 Å². The summed E-state index contributed by atoms with van der Waals surface area (Å²) >= 11 is 0. The molecule has 12 rings (SSSR count). The van der Waals surface area contributed by atoms with Crippen LogP contribution < -0.4 is 10.6 Å². The van der Waals surface area contributed by atoms with Gasteiger partial charge in [0.1, 0.15) is 10.8 Å². The van der Waals surface area contributed by atoms with Crippen LogP contribution in [0, 0.1) is 33.5 Å². The van der Waals surface area contributed by atoms with Crippen LogP contribution in [0.25, 0.3) is 0 Å². The number of benzene rings is 2. The monoisotopic (exact) mass is 652 g/mol. The van der Waals surface area contributed by atoms with Crippen molar-refractivity contribution in [1.29, 1.82) is 0 Å². The van der Waals surface area contributed by atoms with E-state index in [1.807, 2.05) is 13.8 Å². The Hall–Kier alpha value is -3.88. The molecule has 4 aliphatic carbocycles. The van der Waals surface area contributed by atoms with Crippen molar-refractivity contribution >= 4 is 34.8 Å². The minimum Gasteiger partial charge on any atom is -0.325 e. The average Bonchev–Trinajstić information content (AvgIpc) is 3.89. The number of hydrogen-bond acceptors (Lipinski definition) is 6. The van der Waals surface area contributed by atoms with E-state index in [4.69, 9.17) is 0 Å². The van der Waals surface area contributed by atoms with E-state index in [0.29, 0.717) is 19.3 Å². The van der Waals surface area contributed by atoms with Crippen molar-refractivity contribution in [2.24, 2.45) is 33.5 Å². The molecule has 0 aromatic heterocycles. The molecule has 6 fully saturated rings. The van der Waals surface area contributed by atoms with E-state index in [-0.39, 0.29) is 58.1 Å². The van der Waals surface area contributed by atoms with Gasteiger partial charge in [-0.3, -0.25) is 29.0 Å². The Bertz CT molecular complexity index is 1970. The van der Waals surface area contributed by atoms with Gasteiger partial charge >= 0.3 is 0 Å². The number of amides is 2. The zero-order chi connectivity index (χ0) is 33.1. The van der Waals surface area contributed by atoms with E-state index in [1.54, 1.807) is 0 Å². The molecule has 49 heavy (non-hydrogen) atoms. The molecular weight excluding hydrogens is 612 g/mol. The van der Waals surface area contributed by atoms with Gasteiger partial charge in [0, 0.05) is 70.0 Å². The Morgan fingerprint density at radius 1 is 0.673 bits per heavy atom. The molecule has 0 radical (unpaired) electrons. The van der Waals surface area contributed by atoms with Crippen molar-refractivity contribution in [2.45, 2.75) is 68.9 Å². The van der Waals surface area contributed by atoms with Crippen molar-refractivity contribution in [2.75, 3.05) is 36.8 Å². The van der Waals surface area contributed by atoms with Gasteiger partial charge in [-0.1, -0.05) is 62.4 Å². The number of hydrogen-bond donors (Lipinski definition) is 2. The van der Waals surface area contributed by atoms with Crippen LogP contribution in [0.3, 0.4) is 0 Å². The van der Waals surface area contributed by atoms with Crippen LogP contribution in [-0.2, 0) is 36.4 Å². The van der Waals surface area contributed by atoms with Crippen molar-refractivity contribution in [1.82, 2.24) is 9.80 Å². The molecule has 248 valence electrons. The fraction of sp³-hybridized carbons (Fsp3) is 0.512. The van der Waals surface area contributed by atoms with E-state index in [1.165, 1.54) is 0 Å². The lowest BCUT2D eigenvalue weighted by molar-refractivity contribution is -0.148. The minimum atomic E-state index is -1.01. The third-order valence-electron chi connectivity index (χ3n) is 16.5. The normalized spacial score (nSPS) is 47.1. The van der Waals surface area contributed by atoms with Crippen LogP contribution >= 0.6 is 0 Å². The molecule has 2 N–H and O–H groups in total. The molecule has 2 aromatic rings. The van der Waals surface area contributed by atoms with Crippen LogP contribution in [0.4, 0.5) is 11.4 Å². The topological polar surface area (TPSA) is 98.8 Å². The predicted octanol–water partition coefficient (Wildman–Crippen LogP) is 4.14. The third kappa shape index (κ3) is 2.47.